The first kappa shape index (κ1) is 18.0. The molecule has 1 aromatic heterocycles. The molecule has 1 aromatic carbocycles. The quantitative estimate of drug-likeness (QED) is 0.735. The van der Waals surface area contributed by atoms with Crippen LogP contribution in [0.2, 0.25) is 0 Å². The molecule has 134 valence electrons. The van der Waals surface area contributed by atoms with Crippen molar-refractivity contribution >= 4 is 17.7 Å². The molecule has 0 radical (unpaired) electrons. The van der Waals surface area contributed by atoms with Crippen LogP contribution in [0.1, 0.15) is 49.9 Å². The first-order valence-electron chi connectivity index (χ1n) is 9.14. The average Bonchev–Trinajstić information content (AvgIpc) is 3.30. The van der Waals surface area contributed by atoms with Crippen molar-refractivity contribution in [2.75, 3.05) is 12.3 Å². The molecule has 0 spiro atoms. The van der Waals surface area contributed by atoms with E-state index in [-0.39, 0.29) is 5.91 Å². The molecule has 0 aliphatic heterocycles. The summed E-state index contributed by atoms with van der Waals surface area (Å²) in [7, 11) is 0. The fourth-order valence-corrected chi connectivity index (χ4v) is 4.20. The molecular formula is C19H26N4OS. The molecule has 0 bridgehead atoms. The van der Waals surface area contributed by atoms with Gasteiger partial charge in [0.1, 0.15) is 5.82 Å². The van der Waals surface area contributed by atoms with Gasteiger partial charge >= 0.3 is 0 Å². The summed E-state index contributed by atoms with van der Waals surface area (Å²) in [6.45, 7) is 3.64. The highest BCUT2D eigenvalue weighted by Gasteiger charge is 2.24. The van der Waals surface area contributed by atoms with Crippen LogP contribution in [0.25, 0.3) is 0 Å². The second-order valence-electron chi connectivity index (χ2n) is 6.44. The number of thioether (sulfide) groups is 1. The van der Waals surface area contributed by atoms with Crippen molar-refractivity contribution in [1.82, 2.24) is 20.1 Å². The summed E-state index contributed by atoms with van der Waals surface area (Å²) in [5, 5.41) is 12.6. The number of benzene rings is 1. The normalized spacial score (nSPS) is 14.8. The number of hydrogen-bond donors (Lipinski definition) is 1. The SMILES string of the molecule is CCn1c(SCC(=O)NCCc2ccccc2)nnc1C1CCCC1. The van der Waals surface area contributed by atoms with Crippen LogP contribution in [0, 0.1) is 0 Å². The number of rotatable bonds is 8. The number of hydrogen-bond acceptors (Lipinski definition) is 4. The minimum Gasteiger partial charge on any atom is -0.355 e. The van der Waals surface area contributed by atoms with Gasteiger partial charge in [0.15, 0.2) is 5.16 Å². The van der Waals surface area contributed by atoms with Crippen LogP contribution in [0.5, 0.6) is 0 Å². The summed E-state index contributed by atoms with van der Waals surface area (Å²) in [6, 6.07) is 10.2. The van der Waals surface area contributed by atoms with Crippen molar-refractivity contribution in [3.8, 4) is 0 Å². The highest BCUT2D eigenvalue weighted by atomic mass is 32.2. The Hall–Kier alpha value is -1.82. The molecule has 1 saturated carbocycles. The molecule has 0 saturated heterocycles. The van der Waals surface area contributed by atoms with Gasteiger partial charge < -0.3 is 9.88 Å². The van der Waals surface area contributed by atoms with Crippen LogP contribution in [0.4, 0.5) is 0 Å². The Morgan fingerprint density at radius 3 is 2.72 bits per heavy atom. The van der Waals surface area contributed by atoms with Gasteiger partial charge in [0.25, 0.3) is 0 Å². The fraction of sp³-hybridized carbons (Fsp3) is 0.526. The minimum absolute atomic E-state index is 0.0500. The molecule has 0 atom stereocenters. The molecule has 5 nitrogen and oxygen atoms in total. The van der Waals surface area contributed by atoms with Crippen molar-refractivity contribution in [3.05, 3.63) is 41.7 Å². The Morgan fingerprint density at radius 1 is 1.24 bits per heavy atom. The van der Waals surface area contributed by atoms with E-state index in [1.807, 2.05) is 18.2 Å². The van der Waals surface area contributed by atoms with Gasteiger partial charge in [0, 0.05) is 19.0 Å². The lowest BCUT2D eigenvalue weighted by Crippen LogP contribution is -2.27. The van der Waals surface area contributed by atoms with Gasteiger partial charge in [-0.15, -0.1) is 10.2 Å². The van der Waals surface area contributed by atoms with Gasteiger partial charge in [-0.05, 0) is 31.7 Å². The maximum absolute atomic E-state index is 12.1. The third-order valence-electron chi connectivity index (χ3n) is 4.69. The zero-order valence-electron chi connectivity index (χ0n) is 14.8. The summed E-state index contributed by atoms with van der Waals surface area (Å²) in [5.41, 5.74) is 1.24. The Kier molecular flexibility index (Phi) is 6.50. The van der Waals surface area contributed by atoms with Gasteiger partial charge in [-0.2, -0.15) is 0 Å². The smallest absolute Gasteiger partial charge is 0.230 e. The summed E-state index contributed by atoms with van der Waals surface area (Å²) in [6.07, 6.45) is 5.85. The molecule has 0 unspecified atom stereocenters. The predicted octanol–water partition coefficient (Wildman–Crippen LogP) is 3.41. The van der Waals surface area contributed by atoms with Crippen LogP contribution in [-0.2, 0) is 17.8 Å². The van der Waals surface area contributed by atoms with E-state index >= 15 is 0 Å². The Labute approximate surface area is 153 Å². The lowest BCUT2D eigenvalue weighted by Gasteiger charge is -2.11. The third-order valence-corrected chi connectivity index (χ3v) is 5.66. The first-order chi connectivity index (χ1) is 12.3. The Bertz CT molecular complexity index is 680. The molecule has 1 aliphatic carbocycles. The molecule has 1 heterocycles. The predicted molar refractivity (Wildman–Crippen MR) is 101 cm³/mol. The number of nitrogens with one attached hydrogen (secondary N) is 1. The van der Waals surface area contributed by atoms with Crippen LogP contribution < -0.4 is 5.32 Å². The largest absolute Gasteiger partial charge is 0.355 e. The molecule has 6 heteroatoms. The van der Waals surface area contributed by atoms with Gasteiger partial charge in [-0.25, -0.2) is 0 Å². The second kappa shape index (κ2) is 9.04. The van der Waals surface area contributed by atoms with Crippen LogP contribution >= 0.6 is 11.8 Å². The number of carbonyl (C=O) groups is 1. The zero-order valence-corrected chi connectivity index (χ0v) is 15.6. The molecule has 3 rings (SSSR count). The van der Waals surface area contributed by atoms with E-state index in [1.165, 1.54) is 43.0 Å². The van der Waals surface area contributed by atoms with Crippen LogP contribution in [-0.4, -0.2) is 33.0 Å². The van der Waals surface area contributed by atoms with E-state index in [1.54, 1.807) is 0 Å². The second-order valence-corrected chi connectivity index (χ2v) is 7.38. The lowest BCUT2D eigenvalue weighted by molar-refractivity contribution is -0.118. The van der Waals surface area contributed by atoms with Gasteiger partial charge in [0.2, 0.25) is 5.91 Å². The number of nitrogens with zero attached hydrogens (tertiary/aromatic N) is 3. The van der Waals surface area contributed by atoms with Crippen molar-refractivity contribution in [2.24, 2.45) is 0 Å². The van der Waals surface area contributed by atoms with E-state index in [0.717, 1.165) is 23.9 Å². The molecular weight excluding hydrogens is 332 g/mol. The summed E-state index contributed by atoms with van der Waals surface area (Å²) in [4.78, 5) is 12.1. The molecule has 1 aliphatic rings. The third kappa shape index (κ3) is 4.84. The monoisotopic (exact) mass is 358 g/mol. The minimum atomic E-state index is 0.0500. The maximum atomic E-state index is 12.1. The van der Waals surface area contributed by atoms with Crippen molar-refractivity contribution < 1.29 is 4.79 Å². The molecule has 1 fully saturated rings. The number of carbonyl (C=O) groups excluding carboxylic acids is 1. The number of aromatic nitrogens is 3. The van der Waals surface area contributed by atoms with E-state index in [2.05, 4.69) is 39.1 Å². The summed E-state index contributed by atoms with van der Waals surface area (Å²) < 4.78 is 2.18. The fourth-order valence-electron chi connectivity index (χ4n) is 3.36. The van der Waals surface area contributed by atoms with Gasteiger partial charge in [-0.3, -0.25) is 4.79 Å². The topological polar surface area (TPSA) is 59.8 Å². The first-order valence-corrected chi connectivity index (χ1v) is 10.1. The van der Waals surface area contributed by atoms with E-state index in [9.17, 15) is 4.79 Å². The van der Waals surface area contributed by atoms with E-state index < -0.39 is 0 Å². The van der Waals surface area contributed by atoms with Gasteiger partial charge in [0.05, 0.1) is 5.75 Å². The maximum Gasteiger partial charge on any atom is 0.230 e. The Morgan fingerprint density at radius 2 is 2.00 bits per heavy atom. The molecule has 25 heavy (non-hydrogen) atoms. The van der Waals surface area contributed by atoms with Crippen molar-refractivity contribution in [1.29, 1.82) is 0 Å². The summed E-state index contributed by atoms with van der Waals surface area (Å²) in [5.74, 6) is 2.08. The van der Waals surface area contributed by atoms with Gasteiger partial charge in [-0.1, -0.05) is 54.9 Å². The molecule has 1 amide bonds. The van der Waals surface area contributed by atoms with Crippen LogP contribution in [0.3, 0.4) is 0 Å². The highest BCUT2D eigenvalue weighted by Crippen LogP contribution is 2.34. The van der Waals surface area contributed by atoms with Crippen LogP contribution in [0.15, 0.2) is 35.5 Å². The van der Waals surface area contributed by atoms with E-state index in [0.29, 0.717) is 18.2 Å². The zero-order chi connectivity index (χ0) is 17.5. The number of amides is 1. The van der Waals surface area contributed by atoms with Crippen molar-refractivity contribution in [2.45, 2.75) is 56.6 Å². The molecule has 2 aromatic rings. The summed E-state index contributed by atoms with van der Waals surface area (Å²) >= 11 is 1.48. The van der Waals surface area contributed by atoms with Crippen molar-refractivity contribution in [3.63, 3.8) is 0 Å². The van der Waals surface area contributed by atoms with E-state index in [4.69, 9.17) is 0 Å². The standard InChI is InChI=1S/C19H26N4OS/c1-2-23-18(16-10-6-7-11-16)21-22-19(23)25-14-17(24)20-13-12-15-8-4-3-5-9-15/h3-5,8-9,16H,2,6-7,10-14H2,1H3,(H,20,24). The Balaban J connectivity index is 1.47. The highest BCUT2D eigenvalue weighted by molar-refractivity contribution is 7.99. The average molecular weight is 359 g/mol. The molecule has 1 N–H and O–H groups in total. The lowest BCUT2D eigenvalue weighted by atomic mass is 10.1.